The van der Waals surface area contributed by atoms with E-state index < -0.39 is 0 Å². The van der Waals surface area contributed by atoms with Crippen LogP contribution >= 0.6 is 0 Å². The Morgan fingerprint density at radius 3 is 2.14 bits per heavy atom. The number of allylic oxidation sites excluding steroid dienone is 1. The number of ether oxygens (including phenoxy) is 1. The molecule has 1 aliphatic heterocycles. The molecule has 0 amide bonds. The van der Waals surface area contributed by atoms with Gasteiger partial charge in [-0.15, -0.1) is 0 Å². The first-order valence-electron chi connectivity index (χ1n) is 10.3. The number of rotatable bonds is 6. The first-order chi connectivity index (χ1) is 14.2. The minimum absolute atomic E-state index is 0.253. The van der Waals surface area contributed by atoms with Crippen LogP contribution in [-0.2, 0) is 0 Å². The smallest absolute Gasteiger partial charge is 0.119 e. The van der Waals surface area contributed by atoms with Gasteiger partial charge in [0.1, 0.15) is 17.6 Å². The highest BCUT2D eigenvalue weighted by Gasteiger charge is 2.17. The molecule has 2 N–H and O–H groups in total. The maximum absolute atomic E-state index is 9.76. The molecule has 0 unspecified atom stereocenters. The predicted octanol–water partition coefficient (Wildman–Crippen LogP) is 5.50. The molecule has 3 nitrogen and oxygen atoms in total. The second-order valence-electron chi connectivity index (χ2n) is 7.38. The maximum Gasteiger partial charge on any atom is 0.119 e. The van der Waals surface area contributed by atoms with Crippen LogP contribution in [0.15, 0.2) is 78.9 Å². The summed E-state index contributed by atoms with van der Waals surface area (Å²) in [6.07, 6.45) is 2.21. The van der Waals surface area contributed by atoms with Crippen molar-refractivity contribution in [3.8, 4) is 11.5 Å². The first kappa shape index (κ1) is 19.3. The first-order valence-corrected chi connectivity index (χ1v) is 10.3. The lowest BCUT2D eigenvalue weighted by Crippen LogP contribution is -2.19. The molecule has 1 aliphatic rings. The van der Waals surface area contributed by atoms with Gasteiger partial charge < -0.3 is 15.2 Å². The molecule has 1 atom stereocenters. The molecule has 1 saturated heterocycles. The number of phenolic OH excluding ortho intramolecular Hbond substituents is 1. The molecule has 29 heavy (non-hydrogen) atoms. The summed E-state index contributed by atoms with van der Waals surface area (Å²) in [5.74, 6) is 1.19. The minimum Gasteiger partial charge on any atom is -0.508 e. The van der Waals surface area contributed by atoms with Crippen LogP contribution in [-0.4, -0.2) is 24.3 Å². The van der Waals surface area contributed by atoms with Gasteiger partial charge in [0.2, 0.25) is 0 Å². The fourth-order valence-electron chi connectivity index (χ4n) is 3.93. The second-order valence-corrected chi connectivity index (χ2v) is 7.38. The Morgan fingerprint density at radius 2 is 1.55 bits per heavy atom. The van der Waals surface area contributed by atoms with Gasteiger partial charge in [0.15, 0.2) is 0 Å². The molecule has 148 valence electrons. The van der Waals surface area contributed by atoms with E-state index in [9.17, 15) is 5.11 Å². The van der Waals surface area contributed by atoms with E-state index in [0.717, 1.165) is 42.8 Å². The Kier molecular flexibility index (Phi) is 5.97. The van der Waals surface area contributed by atoms with Crippen molar-refractivity contribution in [1.82, 2.24) is 5.32 Å². The lowest BCUT2D eigenvalue weighted by Gasteiger charge is -2.17. The monoisotopic (exact) mass is 385 g/mol. The number of hydrogen-bond acceptors (Lipinski definition) is 3. The Morgan fingerprint density at radius 1 is 0.897 bits per heavy atom. The molecule has 0 bridgehead atoms. The Bertz CT molecular complexity index is 954. The minimum atomic E-state index is 0.253. The number of aromatic hydroxyl groups is 1. The molecule has 0 saturated carbocycles. The quantitative estimate of drug-likeness (QED) is 0.550. The predicted molar refractivity (Wildman–Crippen MR) is 119 cm³/mol. The van der Waals surface area contributed by atoms with Crippen molar-refractivity contribution >= 4 is 11.1 Å². The molecule has 0 radical (unpaired) electrons. The van der Waals surface area contributed by atoms with Crippen LogP contribution in [0.1, 0.15) is 36.5 Å². The molecule has 0 aromatic heterocycles. The Hall–Kier alpha value is -3.04. The fourth-order valence-corrected chi connectivity index (χ4v) is 3.93. The van der Waals surface area contributed by atoms with E-state index in [0.29, 0.717) is 0 Å². The van der Waals surface area contributed by atoms with Gasteiger partial charge in [0, 0.05) is 6.54 Å². The van der Waals surface area contributed by atoms with E-state index in [-0.39, 0.29) is 11.9 Å². The lowest BCUT2D eigenvalue weighted by molar-refractivity contribution is 0.223. The van der Waals surface area contributed by atoms with Gasteiger partial charge in [-0.1, -0.05) is 61.5 Å². The molecule has 3 aromatic carbocycles. The number of hydrogen-bond donors (Lipinski definition) is 2. The SMILES string of the molecule is CC/C(=C(/c1ccc(O)cc1)c1ccc(O[C@@H]2CCNC2)cc1)c1ccccc1. The molecule has 1 heterocycles. The molecule has 3 aromatic rings. The van der Waals surface area contributed by atoms with Gasteiger partial charge in [0.05, 0.1) is 0 Å². The number of phenols is 1. The molecular formula is C26H27NO2. The zero-order valence-electron chi connectivity index (χ0n) is 16.8. The van der Waals surface area contributed by atoms with E-state index >= 15 is 0 Å². The largest absolute Gasteiger partial charge is 0.508 e. The zero-order chi connectivity index (χ0) is 20.1. The topological polar surface area (TPSA) is 41.5 Å². The average molecular weight is 386 g/mol. The van der Waals surface area contributed by atoms with Crippen LogP contribution in [0.5, 0.6) is 11.5 Å². The summed E-state index contributed by atoms with van der Waals surface area (Å²) < 4.78 is 6.09. The van der Waals surface area contributed by atoms with E-state index in [1.807, 2.05) is 18.2 Å². The summed E-state index contributed by atoms with van der Waals surface area (Å²) in [7, 11) is 0. The Balaban J connectivity index is 1.76. The highest BCUT2D eigenvalue weighted by molar-refractivity contribution is 5.98. The third-order valence-electron chi connectivity index (χ3n) is 5.39. The summed E-state index contributed by atoms with van der Waals surface area (Å²) >= 11 is 0. The number of benzene rings is 3. The van der Waals surface area contributed by atoms with Crippen LogP contribution in [0.25, 0.3) is 11.1 Å². The van der Waals surface area contributed by atoms with Crippen LogP contribution in [0.2, 0.25) is 0 Å². The summed E-state index contributed by atoms with van der Waals surface area (Å²) in [6, 6.07) is 26.4. The van der Waals surface area contributed by atoms with E-state index in [1.165, 1.54) is 16.7 Å². The third-order valence-corrected chi connectivity index (χ3v) is 5.39. The molecule has 4 rings (SSSR count). The summed E-state index contributed by atoms with van der Waals surface area (Å²) in [5.41, 5.74) is 5.93. The van der Waals surface area contributed by atoms with Crippen molar-refractivity contribution in [2.24, 2.45) is 0 Å². The summed E-state index contributed by atoms with van der Waals surface area (Å²) in [4.78, 5) is 0. The zero-order valence-corrected chi connectivity index (χ0v) is 16.8. The van der Waals surface area contributed by atoms with Gasteiger partial charge in [0.25, 0.3) is 0 Å². The van der Waals surface area contributed by atoms with Crippen molar-refractivity contribution < 1.29 is 9.84 Å². The van der Waals surface area contributed by atoms with Crippen molar-refractivity contribution in [1.29, 1.82) is 0 Å². The van der Waals surface area contributed by atoms with Crippen LogP contribution in [0.3, 0.4) is 0 Å². The Labute approximate surface area is 172 Å². The van der Waals surface area contributed by atoms with Crippen LogP contribution in [0.4, 0.5) is 0 Å². The molecule has 1 fully saturated rings. The summed E-state index contributed by atoms with van der Waals surface area (Å²) in [6.45, 7) is 4.12. The third kappa shape index (κ3) is 4.52. The summed E-state index contributed by atoms with van der Waals surface area (Å²) in [5, 5.41) is 13.1. The van der Waals surface area contributed by atoms with Gasteiger partial charge >= 0.3 is 0 Å². The van der Waals surface area contributed by atoms with Gasteiger partial charge in [-0.3, -0.25) is 0 Å². The van der Waals surface area contributed by atoms with Crippen LogP contribution < -0.4 is 10.1 Å². The molecule has 3 heteroatoms. The van der Waals surface area contributed by atoms with Crippen molar-refractivity contribution in [3.63, 3.8) is 0 Å². The van der Waals surface area contributed by atoms with E-state index in [2.05, 4.69) is 60.8 Å². The van der Waals surface area contributed by atoms with Crippen molar-refractivity contribution in [2.45, 2.75) is 25.9 Å². The van der Waals surface area contributed by atoms with Gasteiger partial charge in [-0.2, -0.15) is 0 Å². The molecule has 0 aliphatic carbocycles. The maximum atomic E-state index is 9.76. The lowest BCUT2D eigenvalue weighted by atomic mass is 9.88. The van der Waals surface area contributed by atoms with Crippen LogP contribution in [0, 0.1) is 0 Å². The highest BCUT2D eigenvalue weighted by Crippen LogP contribution is 2.35. The molecule has 0 spiro atoms. The normalized spacial score (nSPS) is 17.1. The number of nitrogens with one attached hydrogen (secondary N) is 1. The van der Waals surface area contributed by atoms with E-state index in [1.54, 1.807) is 12.1 Å². The second kappa shape index (κ2) is 8.97. The van der Waals surface area contributed by atoms with E-state index in [4.69, 9.17) is 4.74 Å². The van der Waals surface area contributed by atoms with Crippen molar-refractivity contribution in [3.05, 3.63) is 95.6 Å². The highest BCUT2D eigenvalue weighted by atomic mass is 16.5. The average Bonchev–Trinajstić information content (AvgIpc) is 3.27. The standard InChI is InChI=1S/C26H27NO2/c1-2-25(19-6-4-3-5-7-19)26(20-8-12-22(28)13-9-20)21-10-14-23(15-11-21)29-24-16-17-27-18-24/h3-15,24,27-28H,2,16-18H2,1H3/b26-25+/t24-/m1/s1. The van der Waals surface area contributed by atoms with Crippen molar-refractivity contribution in [2.75, 3.05) is 13.1 Å². The molecular weight excluding hydrogens is 358 g/mol. The van der Waals surface area contributed by atoms with Gasteiger partial charge in [-0.25, -0.2) is 0 Å². The fraction of sp³-hybridized carbons (Fsp3) is 0.231. The van der Waals surface area contributed by atoms with Gasteiger partial charge in [-0.05, 0) is 71.5 Å².